The van der Waals surface area contributed by atoms with Crippen LogP contribution in [0.1, 0.15) is 174 Å². The fourth-order valence-electron chi connectivity index (χ4n) is 10.7. The van der Waals surface area contributed by atoms with Gasteiger partial charge in [0.15, 0.2) is 11.4 Å². The van der Waals surface area contributed by atoms with E-state index in [4.69, 9.17) is 14.6 Å². The summed E-state index contributed by atoms with van der Waals surface area (Å²) in [7, 11) is 3.21. The first-order valence-corrected chi connectivity index (χ1v) is 26.6. The number of aromatic nitrogens is 8. The summed E-state index contributed by atoms with van der Waals surface area (Å²) in [4.78, 5) is 64.0. The van der Waals surface area contributed by atoms with Crippen LogP contribution in [0.5, 0.6) is 11.5 Å². The number of carbonyl (C=O) groups is 5. The zero-order valence-electron chi connectivity index (χ0n) is 43.7. The Labute approximate surface area is 440 Å². The molecule has 5 aromatic rings. The number of methoxy groups -OCH3 is 2. The number of halogens is 3. The van der Waals surface area contributed by atoms with Crippen LogP contribution >= 0.6 is 0 Å². The number of rotatable bonds is 22. The highest BCUT2D eigenvalue weighted by Gasteiger charge is 2.36. The Bertz CT molecular complexity index is 2710. The van der Waals surface area contributed by atoms with Gasteiger partial charge in [-0.15, -0.1) is 5.10 Å². The van der Waals surface area contributed by atoms with Crippen molar-refractivity contribution in [2.45, 2.75) is 166 Å². The number of likely N-dealkylation sites (tertiary alicyclic amines) is 1. The summed E-state index contributed by atoms with van der Waals surface area (Å²) in [5.41, 5.74) is 1.10. The van der Waals surface area contributed by atoms with E-state index in [0.717, 1.165) is 62.3 Å². The van der Waals surface area contributed by atoms with Gasteiger partial charge in [0.05, 0.1) is 55.2 Å². The molecule has 0 spiro atoms. The molecule has 4 heterocycles. The van der Waals surface area contributed by atoms with Gasteiger partial charge in [-0.25, -0.2) is 5.10 Å². The molecule has 2 saturated carbocycles. The molecular weight excluding hydrogens is 988 g/mol. The highest BCUT2D eigenvalue weighted by Crippen LogP contribution is 2.42. The van der Waals surface area contributed by atoms with E-state index >= 15 is 0 Å². The number of tetrazole rings is 1. The number of carboxylic acids is 1. The molecule has 8 rings (SSSR count). The third-order valence-electron chi connectivity index (χ3n) is 14.7. The molecule has 2 atom stereocenters. The zero-order chi connectivity index (χ0) is 54.4. The molecule has 2 aromatic carbocycles. The molecule has 3 fully saturated rings. The average molecular weight is 1060 g/mol. The lowest BCUT2D eigenvalue weighted by atomic mass is 9.85. The lowest BCUT2D eigenvalue weighted by molar-refractivity contribution is -0.148. The first-order chi connectivity index (χ1) is 36.6. The number of carboxylic acid groups (broad SMARTS) is 1. The maximum Gasteiger partial charge on any atom is 0.417 e. The van der Waals surface area contributed by atoms with Crippen LogP contribution in [-0.4, -0.2) is 113 Å². The summed E-state index contributed by atoms with van der Waals surface area (Å²) in [5.74, 6) is -0.110. The van der Waals surface area contributed by atoms with E-state index in [-0.39, 0.29) is 91.1 Å². The topological polar surface area (TPSA) is 241 Å². The van der Waals surface area contributed by atoms with Gasteiger partial charge in [-0.2, -0.15) is 23.4 Å². The smallest absolute Gasteiger partial charge is 0.417 e. The van der Waals surface area contributed by atoms with Gasteiger partial charge in [-0.1, -0.05) is 83.1 Å². The van der Waals surface area contributed by atoms with Gasteiger partial charge in [0.25, 0.3) is 11.8 Å². The van der Waals surface area contributed by atoms with E-state index in [1.54, 1.807) is 25.0 Å². The monoisotopic (exact) mass is 1060 g/mol. The third kappa shape index (κ3) is 14.4. The largest absolute Gasteiger partial charge is 0.496 e. The van der Waals surface area contributed by atoms with Crippen molar-refractivity contribution in [3.63, 3.8) is 0 Å². The van der Waals surface area contributed by atoms with Gasteiger partial charge >= 0.3 is 12.1 Å². The number of benzene rings is 2. The van der Waals surface area contributed by atoms with Crippen LogP contribution < -0.4 is 20.1 Å². The number of nitrogens with zero attached hydrogens (tertiary/aromatic N) is 8. The van der Waals surface area contributed by atoms with Crippen molar-refractivity contribution in [2.75, 3.05) is 20.8 Å². The number of aromatic amines is 1. The van der Waals surface area contributed by atoms with Crippen LogP contribution in [-0.2, 0) is 27.0 Å². The van der Waals surface area contributed by atoms with Crippen LogP contribution in [0.25, 0.3) is 22.5 Å². The number of alkyl halides is 3. The summed E-state index contributed by atoms with van der Waals surface area (Å²) >= 11 is 0. The lowest BCUT2D eigenvalue weighted by Crippen LogP contribution is -2.44. The number of ether oxygens (including phenoxy) is 2. The van der Waals surface area contributed by atoms with Crippen molar-refractivity contribution in [2.24, 2.45) is 5.92 Å². The van der Waals surface area contributed by atoms with E-state index in [1.165, 1.54) is 61.3 Å². The van der Waals surface area contributed by atoms with Crippen LogP contribution in [0.15, 0.2) is 54.6 Å². The molecule has 3 aliphatic rings. The number of amides is 4. The van der Waals surface area contributed by atoms with Crippen molar-refractivity contribution < 1.29 is 51.7 Å². The van der Waals surface area contributed by atoms with Gasteiger partial charge in [-0.3, -0.25) is 38.2 Å². The fourth-order valence-corrected chi connectivity index (χ4v) is 10.7. The molecule has 19 nitrogen and oxygen atoms in total. The highest BCUT2D eigenvalue weighted by molar-refractivity contribution is 5.97. The van der Waals surface area contributed by atoms with Gasteiger partial charge in [-0.05, 0) is 98.0 Å². The minimum Gasteiger partial charge on any atom is -0.496 e. The van der Waals surface area contributed by atoms with E-state index in [2.05, 4.69) is 50.2 Å². The Morgan fingerprint density at radius 3 is 2.01 bits per heavy atom. The molecule has 2 unspecified atom stereocenters. The number of hydrogen-bond donors (Lipinski definition) is 4. The van der Waals surface area contributed by atoms with Crippen molar-refractivity contribution in [1.29, 1.82) is 0 Å². The number of nitrogens with one attached hydrogen (secondary N) is 3. The summed E-state index contributed by atoms with van der Waals surface area (Å²) in [5, 5.41) is 38.1. The van der Waals surface area contributed by atoms with E-state index in [0.29, 0.717) is 36.1 Å². The first kappa shape index (κ1) is 56.6. The molecule has 410 valence electrons. The summed E-state index contributed by atoms with van der Waals surface area (Å²) < 4.78 is 56.3. The first-order valence-electron chi connectivity index (χ1n) is 26.6. The molecule has 3 aromatic heterocycles. The van der Waals surface area contributed by atoms with Crippen LogP contribution in [0.3, 0.4) is 0 Å². The molecule has 1 saturated heterocycles. The van der Waals surface area contributed by atoms with Crippen molar-refractivity contribution in [1.82, 2.24) is 55.7 Å². The van der Waals surface area contributed by atoms with E-state index in [1.807, 2.05) is 22.9 Å². The minimum atomic E-state index is -4.58. The number of H-pyrrole nitrogens is 1. The summed E-state index contributed by atoms with van der Waals surface area (Å²) in [6.07, 6.45) is 9.60. The summed E-state index contributed by atoms with van der Waals surface area (Å²) in [6.45, 7) is 4.28. The molecule has 76 heavy (non-hydrogen) atoms. The van der Waals surface area contributed by atoms with Crippen molar-refractivity contribution in [3.05, 3.63) is 77.4 Å². The van der Waals surface area contributed by atoms with Crippen LogP contribution in [0.4, 0.5) is 13.2 Å². The molecule has 4 amide bonds. The molecule has 2 aliphatic carbocycles. The molecule has 0 bridgehead atoms. The van der Waals surface area contributed by atoms with Gasteiger partial charge in [0.1, 0.15) is 17.3 Å². The molecule has 4 N–H and O–H groups in total. The third-order valence-corrected chi connectivity index (χ3v) is 14.7. The van der Waals surface area contributed by atoms with Gasteiger partial charge in [0, 0.05) is 43.5 Å². The SMILES string of the molecule is CCC(CC)n1nc(C(=O)NC(CCC2CCCCC2)CC(=O)O)cc1-c1c(OC)cccc1OC.O=C(NC(CCN1C(=O)CCCC1=O)Cc1nnn[nH]1)c1cc(-c2ccccc2C(F)(F)F)n(C2CCCC2)n1. The fraction of sp³-hybridized carbons (Fsp3) is 0.556. The molecule has 1 aliphatic heterocycles. The highest BCUT2D eigenvalue weighted by atomic mass is 19.4. The predicted octanol–water partition coefficient (Wildman–Crippen LogP) is 9.33. The quantitative estimate of drug-likeness (QED) is 0.0473. The Morgan fingerprint density at radius 2 is 1.41 bits per heavy atom. The average Bonchev–Trinajstić information content (AvgIpc) is 4.28. The Hall–Kier alpha value is -7.13. The normalized spacial score (nSPS) is 16.3. The second-order valence-corrected chi connectivity index (χ2v) is 19.9. The molecule has 0 radical (unpaired) electrons. The second kappa shape index (κ2) is 26.6. The van der Waals surface area contributed by atoms with Gasteiger partial charge in [0.2, 0.25) is 11.8 Å². The van der Waals surface area contributed by atoms with Crippen molar-refractivity contribution >= 4 is 29.6 Å². The Morgan fingerprint density at radius 1 is 0.789 bits per heavy atom. The Kier molecular flexibility index (Phi) is 19.8. The molecular formula is C54H70F3N11O8. The van der Waals surface area contributed by atoms with Gasteiger partial charge < -0.3 is 25.2 Å². The predicted molar refractivity (Wildman–Crippen MR) is 274 cm³/mol. The summed E-state index contributed by atoms with van der Waals surface area (Å²) in [6, 6.07) is 12.9. The maximum absolute atomic E-state index is 13.9. The maximum atomic E-state index is 13.9. The zero-order valence-corrected chi connectivity index (χ0v) is 43.7. The number of hydrogen-bond acceptors (Lipinski definition) is 12. The minimum absolute atomic E-state index is 0.0234. The lowest BCUT2D eigenvalue weighted by Gasteiger charge is -2.27. The molecule has 22 heteroatoms. The van der Waals surface area contributed by atoms with Crippen LogP contribution in [0.2, 0.25) is 0 Å². The van der Waals surface area contributed by atoms with E-state index < -0.39 is 35.7 Å². The number of imide groups is 1. The van der Waals surface area contributed by atoms with E-state index in [9.17, 15) is 42.3 Å². The standard InChI is InChI=1S/C28H41N3O5.C26H29F3N8O3/c1-5-21(6-2)31-23(27-24(35-3)13-10-14-25(27)36-4)18-22(30-31)28(34)29-20(17-26(32)33)16-15-19-11-8-7-9-12-19;27-26(28,29)19-9-4-3-8-18(19)21-15-20(33-37(21)17-6-1-2-7-17)25(40)30-16(14-22-31-34-35-32-22)12-13-36-23(38)10-5-11-24(36)39/h10,13-14,18-21H,5-9,11-12,15-17H2,1-4H3,(H,29,34)(H,32,33);3-4,8-9,15-17H,1-2,5-7,10-14H2,(H,30,40)(H,31,32,34,35). The van der Waals surface area contributed by atoms with Crippen LogP contribution in [0, 0.1) is 5.92 Å². The number of carbonyl (C=O) groups excluding carboxylic acids is 4. The Balaban J connectivity index is 0.000000223. The van der Waals surface area contributed by atoms with Crippen molar-refractivity contribution in [3.8, 4) is 34.0 Å². The number of aliphatic carboxylic acids is 1. The number of piperidine rings is 1. The second-order valence-electron chi connectivity index (χ2n) is 19.9.